The van der Waals surface area contributed by atoms with Crippen molar-refractivity contribution in [3.8, 4) is 0 Å². The van der Waals surface area contributed by atoms with E-state index in [-0.39, 0.29) is 5.56 Å². The maximum Gasteiger partial charge on any atom is 0.337 e. The van der Waals surface area contributed by atoms with Crippen LogP contribution in [0.3, 0.4) is 0 Å². The van der Waals surface area contributed by atoms with Crippen molar-refractivity contribution in [2.24, 2.45) is 0 Å². The van der Waals surface area contributed by atoms with E-state index in [9.17, 15) is 4.79 Å². The Kier molecular flexibility index (Phi) is 3.54. The number of halogens is 1. The summed E-state index contributed by atoms with van der Waals surface area (Å²) in [6, 6.07) is 14.6. The van der Waals surface area contributed by atoms with Gasteiger partial charge in [-0.3, -0.25) is 0 Å². The van der Waals surface area contributed by atoms with Gasteiger partial charge in [0.25, 0.3) is 0 Å². The lowest BCUT2D eigenvalue weighted by Gasteiger charge is -2.08. The van der Waals surface area contributed by atoms with Gasteiger partial charge in [-0.1, -0.05) is 41.9 Å². The topological polar surface area (TPSA) is 65.1 Å². The van der Waals surface area contributed by atoms with Gasteiger partial charge in [0.05, 0.1) is 22.8 Å². The molecule has 0 spiro atoms. The number of anilines is 1. The molecule has 0 unspecified atom stereocenters. The summed E-state index contributed by atoms with van der Waals surface area (Å²) < 4.78 is 0. The number of aromatic carboxylic acids is 1. The summed E-state index contributed by atoms with van der Waals surface area (Å²) in [6.07, 6.45) is 0. The van der Waals surface area contributed by atoms with E-state index >= 15 is 0 Å². The monoisotopic (exact) mass is 300 g/mol. The Hall–Kier alpha value is -2.46. The van der Waals surface area contributed by atoms with Crippen LogP contribution in [-0.2, 0) is 6.54 Å². The predicted molar refractivity (Wildman–Crippen MR) is 84.0 cm³/mol. The quantitative estimate of drug-likeness (QED) is 0.678. The number of hydrogen-bond acceptors (Lipinski definition) is 2. The van der Waals surface area contributed by atoms with E-state index in [1.807, 2.05) is 24.3 Å². The summed E-state index contributed by atoms with van der Waals surface area (Å²) in [4.78, 5) is 14.4. The molecule has 0 saturated carbocycles. The van der Waals surface area contributed by atoms with Gasteiger partial charge in [0.1, 0.15) is 0 Å². The van der Waals surface area contributed by atoms with E-state index < -0.39 is 5.97 Å². The van der Waals surface area contributed by atoms with Gasteiger partial charge >= 0.3 is 5.97 Å². The molecule has 3 rings (SSSR count). The van der Waals surface area contributed by atoms with Crippen LogP contribution in [-0.4, -0.2) is 16.1 Å². The van der Waals surface area contributed by atoms with Crippen LogP contribution in [0.15, 0.2) is 48.5 Å². The Bertz CT molecular complexity index is 811. The standard InChI is InChI=1S/C16H13ClN2O2/c17-15-10-5-1-4-8-13(10)19-14(15)9-18-12-7-3-2-6-11(12)16(20)21/h1-8,18-19H,9H2,(H,20,21). The Morgan fingerprint density at radius 3 is 2.62 bits per heavy atom. The van der Waals surface area contributed by atoms with Gasteiger partial charge in [-0.05, 0) is 18.2 Å². The molecule has 4 nitrogen and oxygen atoms in total. The zero-order valence-corrected chi connectivity index (χ0v) is 11.8. The number of para-hydroxylation sites is 2. The molecule has 0 aliphatic rings. The van der Waals surface area contributed by atoms with Gasteiger partial charge in [-0.2, -0.15) is 0 Å². The van der Waals surface area contributed by atoms with Crippen LogP contribution in [0.25, 0.3) is 10.9 Å². The molecule has 0 atom stereocenters. The number of H-pyrrole nitrogens is 1. The van der Waals surface area contributed by atoms with Crippen LogP contribution in [0, 0.1) is 0 Å². The van der Waals surface area contributed by atoms with E-state index in [4.69, 9.17) is 16.7 Å². The summed E-state index contributed by atoms with van der Waals surface area (Å²) in [5.41, 5.74) is 2.60. The normalized spacial score (nSPS) is 10.7. The Morgan fingerprint density at radius 2 is 1.86 bits per heavy atom. The number of rotatable bonds is 4. The number of carboxylic acids is 1. The average molecular weight is 301 g/mol. The lowest BCUT2D eigenvalue weighted by Crippen LogP contribution is -2.06. The fourth-order valence-electron chi connectivity index (χ4n) is 2.29. The maximum atomic E-state index is 11.2. The van der Waals surface area contributed by atoms with Crippen LogP contribution >= 0.6 is 11.6 Å². The van der Waals surface area contributed by atoms with E-state index in [0.29, 0.717) is 17.3 Å². The molecular weight excluding hydrogens is 288 g/mol. The first kappa shape index (κ1) is 13.5. The largest absolute Gasteiger partial charge is 0.478 e. The molecule has 21 heavy (non-hydrogen) atoms. The van der Waals surface area contributed by atoms with Crippen molar-refractivity contribution >= 4 is 34.2 Å². The van der Waals surface area contributed by atoms with Crippen LogP contribution in [0.2, 0.25) is 5.02 Å². The Morgan fingerprint density at radius 1 is 1.14 bits per heavy atom. The molecule has 3 aromatic rings. The van der Waals surface area contributed by atoms with Crippen molar-refractivity contribution in [1.82, 2.24) is 4.98 Å². The summed E-state index contributed by atoms with van der Waals surface area (Å²) in [5.74, 6) is -0.958. The van der Waals surface area contributed by atoms with Crippen molar-refractivity contribution < 1.29 is 9.90 Å². The van der Waals surface area contributed by atoms with Crippen molar-refractivity contribution in [3.05, 3.63) is 64.8 Å². The maximum absolute atomic E-state index is 11.2. The zero-order chi connectivity index (χ0) is 14.8. The third kappa shape index (κ3) is 2.58. The van der Waals surface area contributed by atoms with Crippen molar-refractivity contribution in [3.63, 3.8) is 0 Å². The lowest BCUT2D eigenvalue weighted by molar-refractivity contribution is 0.0698. The van der Waals surface area contributed by atoms with Gasteiger partial charge in [0, 0.05) is 16.6 Å². The molecule has 0 radical (unpaired) electrons. The summed E-state index contributed by atoms with van der Waals surface area (Å²) >= 11 is 6.34. The first-order chi connectivity index (χ1) is 10.2. The third-order valence-electron chi connectivity index (χ3n) is 3.33. The fourth-order valence-corrected chi connectivity index (χ4v) is 2.57. The number of aromatic nitrogens is 1. The molecule has 3 N–H and O–H groups in total. The second kappa shape index (κ2) is 5.50. The second-order valence-corrected chi connectivity index (χ2v) is 5.05. The highest BCUT2D eigenvalue weighted by Gasteiger charge is 2.11. The zero-order valence-electron chi connectivity index (χ0n) is 11.1. The SMILES string of the molecule is O=C(O)c1ccccc1NCc1[nH]c2ccccc2c1Cl. The van der Waals surface area contributed by atoms with Crippen molar-refractivity contribution in [1.29, 1.82) is 0 Å². The first-order valence-corrected chi connectivity index (χ1v) is 6.86. The number of benzene rings is 2. The molecule has 1 heterocycles. The minimum absolute atomic E-state index is 0.240. The van der Waals surface area contributed by atoms with Crippen molar-refractivity contribution in [2.75, 3.05) is 5.32 Å². The molecule has 2 aromatic carbocycles. The molecule has 1 aromatic heterocycles. The van der Waals surface area contributed by atoms with E-state index in [2.05, 4.69) is 10.3 Å². The first-order valence-electron chi connectivity index (χ1n) is 6.48. The van der Waals surface area contributed by atoms with Gasteiger partial charge in [-0.25, -0.2) is 4.79 Å². The summed E-state index contributed by atoms with van der Waals surface area (Å²) in [5, 5.41) is 13.9. The number of nitrogens with one attached hydrogen (secondary N) is 2. The molecule has 0 fully saturated rings. The molecule has 0 bridgehead atoms. The van der Waals surface area contributed by atoms with Gasteiger partial charge in [0.2, 0.25) is 0 Å². The molecule has 0 aliphatic heterocycles. The minimum atomic E-state index is -0.958. The minimum Gasteiger partial charge on any atom is -0.478 e. The second-order valence-electron chi connectivity index (χ2n) is 4.67. The number of aromatic amines is 1. The van der Waals surface area contributed by atoms with Gasteiger partial charge < -0.3 is 15.4 Å². The number of carbonyl (C=O) groups is 1. The van der Waals surface area contributed by atoms with Crippen LogP contribution in [0.1, 0.15) is 16.1 Å². The van der Waals surface area contributed by atoms with E-state index in [0.717, 1.165) is 16.6 Å². The van der Waals surface area contributed by atoms with E-state index in [1.54, 1.807) is 24.3 Å². The third-order valence-corrected chi connectivity index (χ3v) is 3.76. The Balaban J connectivity index is 1.87. The average Bonchev–Trinajstić information content (AvgIpc) is 2.82. The molecule has 0 aliphatic carbocycles. The number of carboxylic acid groups (broad SMARTS) is 1. The predicted octanol–water partition coefficient (Wildman–Crippen LogP) is 4.13. The summed E-state index contributed by atoms with van der Waals surface area (Å²) in [7, 11) is 0. The van der Waals surface area contributed by atoms with Gasteiger partial charge in [-0.15, -0.1) is 0 Å². The Labute approximate surface area is 126 Å². The summed E-state index contributed by atoms with van der Waals surface area (Å²) in [6.45, 7) is 0.428. The van der Waals surface area contributed by atoms with E-state index in [1.165, 1.54) is 0 Å². The van der Waals surface area contributed by atoms with Crippen LogP contribution < -0.4 is 5.32 Å². The molecule has 0 amide bonds. The highest BCUT2D eigenvalue weighted by molar-refractivity contribution is 6.36. The van der Waals surface area contributed by atoms with Crippen LogP contribution in [0.5, 0.6) is 0 Å². The lowest BCUT2D eigenvalue weighted by atomic mass is 10.2. The molecular formula is C16H13ClN2O2. The fraction of sp³-hybridized carbons (Fsp3) is 0.0625. The van der Waals surface area contributed by atoms with Crippen molar-refractivity contribution in [2.45, 2.75) is 6.54 Å². The van der Waals surface area contributed by atoms with Crippen LogP contribution in [0.4, 0.5) is 5.69 Å². The molecule has 0 saturated heterocycles. The highest BCUT2D eigenvalue weighted by atomic mass is 35.5. The highest BCUT2D eigenvalue weighted by Crippen LogP contribution is 2.28. The molecule has 106 valence electrons. The number of fused-ring (bicyclic) bond motifs is 1. The van der Waals surface area contributed by atoms with Gasteiger partial charge in [0.15, 0.2) is 0 Å². The number of hydrogen-bond donors (Lipinski definition) is 3. The smallest absolute Gasteiger partial charge is 0.337 e. The molecule has 5 heteroatoms.